The van der Waals surface area contributed by atoms with Crippen LogP contribution in [0.15, 0.2) is 24.3 Å². The summed E-state index contributed by atoms with van der Waals surface area (Å²) in [5, 5.41) is 3.73. The van der Waals surface area contributed by atoms with Gasteiger partial charge in [0.25, 0.3) is 0 Å². The highest BCUT2D eigenvalue weighted by Gasteiger charge is 2.18. The second-order valence-corrected chi connectivity index (χ2v) is 6.58. The number of ether oxygens (including phenoxy) is 1. The molecule has 1 N–H and O–H groups in total. The van der Waals surface area contributed by atoms with Crippen LogP contribution in [0.3, 0.4) is 0 Å². The summed E-state index contributed by atoms with van der Waals surface area (Å²) in [6, 6.07) is 9.48. The molecule has 0 heterocycles. The fraction of sp³-hybridized carbons (Fsp3) is 0.684. The van der Waals surface area contributed by atoms with E-state index in [-0.39, 0.29) is 0 Å². The Labute approximate surface area is 129 Å². The van der Waals surface area contributed by atoms with Crippen LogP contribution in [-0.4, -0.2) is 19.3 Å². The standard InChI is InChI=1S/C19H29NO/c1-2-10-17(11-3-1)21-15-14-20-19-13-7-5-9-16-8-4-6-12-18(16)19/h4,6,8,12,17,19-20H,1-3,5,7,9-11,13-15H2. The van der Waals surface area contributed by atoms with Gasteiger partial charge >= 0.3 is 0 Å². The summed E-state index contributed by atoms with van der Waals surface area (Å²) < 4.78 is 6.03. The van der Waals surface area contributed by atoms with Crippen molar-refractivity contribution in [1.29, 1.82) is 0 Å². The van der Waals surface area contributed by atoms with Crippen LogP contribution in [0.5, 0.6) is 0 Å². The number of rotatable bonds is 5. The third kappa shape index (κ3) is 4.31. The third-order valence-corrected chi connectivity index (χ3v) is 5.02. The molecule has 0 spiro atoms. The van der Waals surface area contributed by atoms with Crippen LogP contribution in [0.2, 0.25) is 0 Å². The smallest absolute Gasteiger partial charge is 0.0594 e. The maximum atomic E-state index is 6.03. The Hall–Kier alpha value is -0.860. The zero-order chi connectivity index (χ0) is 14.3. The largest absolute Gasteiger partial charge is 0.377 e. The third-order valence-electron chi connectivity index (χ3n) is 5.02. The lowest BCUT2D eigenvalue weighted by atomic mass is 9.98. The second kappa shape index (κ2) is 7.95. The molecule has 21 heavy (non-hydrogen) atoms. The predicted molar refractivity (Wildman–Crippen MR) is 87.6 cm³/mol. The first kappa shape index (κ1) is 15.1. The van der Waals surface area contributed by atoms with Gasteiger partial charge in [-0.05, 0) is 43.2 Å². The SMILES string of the molecule is c1ccc2c(c1)CCCCC2NCCOC1CCCCC1. The maximum Gasteiger partial charge on any atom is 0.0594 e. The van der Waals surface area contributed by atoms with E-state index in [1.165, 1.54) is 63.4 Å². The van der Waals surface area contributed by atoms with E-state index in [1.54, 1.807) is 5.56 Å². The summed E-state index contributed by atoms with van der Waals surface area (Å²) in [5.41, 5.74) is 3.06. The Kier molecular flexibility index (Phi) is 5.70. The van der Waals surface area contributed by atoms with E-state index in [0.717, 1.165) is 13.2 Å². The average Bonchev–Trinajstić information content (AvgIpc) is 2.75. The topological polar surface area (TPSA) is 21.3 Å². The number of hydrogen-bond acceptors (Lipinski definition) is 2. The minimum Gasteiger partial charge on any atom is -0.377 e. The molecule has 1 atom stereocenters. The molecule has 2 nitrogen and oxygen atoms in total. The zero-order valence-electron chi connectivity index (χ0n) is 13.2. The lowest BCUT2D eigenvalue weighted by Crippen LogP contribution is -2.28. The summed E-state index contributed by atoms with van der Waals surface area (Å²) >= 11 is 0. The Morgan fingerprint density at radius 3 is 2.67 bits per heavy atom. The van der Waals surface area contributed by atoms with Crippen molar-refractivity contribution in [2.75, 3.05) is 13.2 Å². The number of fused-ring (bicyclic) bond motifs is 1. The number of hydrogen-bond donors (Lipinski definition) is 1. The van der Waals surface area contributed by atoms with E-state index in [4.69, 9.17) is 4.74 Å². The van der Waals surface area contributed by atoms with Crippen LogP contribution >= 0.6 is 0 Å². The summed E-state index contributed by atoms with van der Waals surface area (Å²) in [5.74, 6) is 0. The molecule has 1 saturated carbocycles. The summed E-state index contributed by atoms with van der Waals surface area (Å²) in [6.45, 7) is 1.85. The van der Waals surface area contributed by atoms with Gasteiger partial charge in [0.15, 0.2) is 0 Å². The molecule has 1 unspecified atom stereocenters. The Bertz CT molecular complexity index is 425. The summed E-state index contributed by atoms with van der Waals surface area (Å²) in [4.78, 5) is 0. The normalized spacial score (nSPS) is 23.5. The minimum absolute atomic E-state index is 0.527. The molecular formula is C19H29NO. The van der Waals surface area contributed by atoms with Crippen LogP contribution < -0.4 is 5.32 Å². The fourth-order valence-electron chi connectivity index (χ4n) is 3.82. The highest BCUT2D eigenvalue weighted by atomic mass is 16.5. The van der Waals surface area contributed by atoms with E-state index >= 15 is 0 Å². The zero-order valence-corrected chi connectivity index (χ0v) is 13.2. The molecule has 0 amide bonds. The summed E-state index contributed by atoms with van der Waals surface area (Å²) in [6.07, 6.45) is 12.3. The molecule has 0 saturated heterocycles. The first-order chi connectivity index (χ1) is 10.4. The van der Waals surface area contributed by atoms with Gasteiger partial charge in [0, 0.05) is 12.6 Å². The average molecular weight is 287 g/mol. The first-order valence-corrected chi connectivity index (χ1v) is 8.86. The monoisotopic (exact) mass is 287 g/mol. The Balaban J connectivity index is 1.46. The van der Waals surface area contributed by atoms with Gasteiger partial charge in [0.1, 0.15) is 0 Å². The van der Waals surface area contributed by atoms with Crippen molar-refractivity contribution >= 4 is 0 Å². The highest BCUT2D eigenvalue weighted by Crippen LogP contribution is 2.28. The van der Waals surface area contributed by atoms with Crippen LogP contribution in [0.4, 0.5) is 0 Å². The molecule has 1 aromatic rings. The van der Waals surface area contributed by atoms with Crippen molar-refractivity contribution in [3.63, 3.8) is 0 Å². The fourth-order valence-corrected chi connectivity index (χ4v) is 3.82. The predicted octanol–water partition coefficient (Wildman–Crippen LogP) is 4.39. The van der Waals surface area contributed by atoms with Crippen molar-refractivity contribution in [1.82, 2.24) is 5.32 Å². The van der Waals surface area contributed by atoms with Crippen molar-refractivity contribution in [2.24, 2.45) is 0 Å². The quantitative estimate of drug-likeness (QED) is 0.640. The molecular weight excluding hydrogens is 258 g/mol. The Morgan fingerprint density at radius 2 is 1.76 bits per heavy atom. The molecule has 3 rings (SSSR count). The molecule has 2 heteroatoms. The Morgan fingerprint density at radius 1 is 0.952 bits per heavy atom. The van der Waals surface area contributed by atoms with Gasteiger partial charge in [-0.2, -0.15) is 0 Å². The van der Waals surface area contributed by atoms with Crippen LogP contribution in [0.25, 0.3) is 0 Å². The van der Waals surface area contributed by atoms with E-state index < -0.39 is 0 Å². The maximum absolute atomic E-state index is 6.03. The molecule has 0 bridgehead atoms. The number of nitrogens with one attached hydrogen (secondary N) is 1. The van der Waals surface area contributed by atoms with Crippen LogP contribution in [-0.2, 0) is 11.2 Å². The molecule has 2 aliphatic rings. The number of benzene rings is 1. The van der Waals surface area contributed by atoms with Gasteiger partial charge in [-0.25, -0.2) is 0 Å². The first-order valence-electron chi connectivity index (χ1n) is 8.86. The van der Waals surface area contributed by atoms with E-state index in [2.05, 4.69) is 29.6 Å². The van der Waals surface area contributed by atoms with Crippen LogP contribution in [0.1, 0.15) is 68.5 Å². The molecule has 116 valence electrons. The van der Waals surface area contributed by atoms with Crippen molar-refractivity contribution in [3.05, 3.63) is 35.4 Å². The van der Waals surface area contributed by atoms with Crippen molar-refractivity contribution < 1.29 is 4.74 Å². The van der Waals surface area contributed by atoms with Crippen molar-refractivity contribution in [3.8, 4) is 0 Å². The highest BCUT2D eigenvalue weighted by molar-refractivity contribution is 5.31. The van der Waals surface area contributed by atoms with E-state index in [0.29, 0.717) is 12.1 Å². The van der Waals surface area contributed by atoms with Gasteiger partial charge in [0.2, 0.25) is 0 Å². The van der Waals surface area contributed by atoms with Gasteiger partial charge in [0.05, 0.1) is 12.7 Å². The second-order valence-electron chi connectivity index (χ2n) is 6.58. The van der Waals surface area contributed by atoms with Crippen molar-refractivity contribution in [2.45, 2.75) is 69.9 Å². The van der Waals surface area contributed by atoms with E-state index in [1.807, 2.05) is 0 Å². The molecule has 0 aromatic heterocycles. The molecule has 2 aliphatic carbocycles. The lowest BCUT2D eigenvalue weighted by molar-refractivity contribution is 0.0292. The van der Waals surface area contributed by atoms with Gasteiger partial charge in [-0.1, -0.05) is 49.9 Å². The molecule has 0 aliphatic heterocycles. The molecule has 1 aromatic carbocycles. The van der Waals surface area contributed by atoms with Crippen LogP contribution in [0, 0.1) is 0 Å². The lowest BCUT2D eigenvalue weighted by Gasteiger charge is -2.23. The van der Waals surface area contributed by atoms with Gasteiger partial charge in [-0.3, -0.25) is 0 Å². The van der Waals surface area contributed by atoms with Gasteiger partial charge < -0.3 is 10.1 Å². The van der Waals surface area contributed by atoms with E-state index in [9.17, 15) is 0 Å². The number of aryl methyl sites for hydroxylation is 1. The van der Waals surface area contributed by atoms with Gasteiger partial charge in [-0.15, -0.1) is 0 Å². The molecule has 1 fully saturated rings. The molecule has 0 radical (unpaired) electrons. The summed E-state index contributed by atoms with van der Waals surface area (Å²) in [7, 11) is 0. The minimum atomic E-state index is 0.527.